The van der Waals surface area contributed by atoms with Gasteiger partial charge in [0.1, 0.15) is 5.76 Å². The van der Waals surface area contributed by atoms with Crippen LogP contribution in [-0.2, 0) is 0 Å². The van der Waals surface area contributed by atoms with Crippen LogP contribution < -0.4 is 0 Å². The van der Waals surface area contributed by atoms with Gasteiger partial charge in [-0.1, -0.05) is 6.42 Å². The Morgan fingerprint density at radius 2 is 1.86 bits per heavy atom. The van der Waals surface area contributed by atoms with E-state index in [2.05, 4.69) is 11.8 Å². The molecule has 1 atom stereocenters. The van der Waals surface area contributed by atoms with Crippen molar-refractivity contribution in [2.45, 2.75) is 32.2 Å². The Labute approximate surface area is 130 Å². The van der Waals surface area contributed by atoms with Gasteiger partial charge in [0.2, 0.25) is 0 Å². The first-order valence-corrected chi connectivity index (χ1v) is 9.12. The average Bonchev–Trinajstić information content (AvgIpc) is 3.05. The summed E-state index contributed by atoms with van der Waals surface area (Å²) in [6.45, 7) is 6.11. The zero-order valence-corrected chi connectivity index (χ0v) is 13.5. The van der Waals surface area contributed by atoms with E-state index in [0.29, 0.717) is 5.76 Å². The number of furan rings is 1. The fourth-order valence-electron chi connectivity index (χ4n) is 3.10. The third kappa shape index (κ3) is 3.46. The van der Waals surface area contributed by atoms with Gasteiger partial charge in [0.15, 0.2) is 5.76 Å². The fourth-order valence-corrected chi connectivity index (χ4v) is 4.00. The van der Waals surface area contributed by atoms with E-state index in [1.165, 1.54) is 19.3 Å². The van der Waals surface area contributed by atoms with Crippen molar-refractivity contribution in [3.05, 3.63) is 23.7 Å². The monoisotopic (exact) mass is 308 g/mol. The molecule has 4 nitrogen and oxygen atoms in total. The van der Waals surface area contributed by atoms with Crippen LogP contribution in [0.15, 0.2) is 16.5 Å². The predicted octanol–water partition coefficient (Wildman–Crippen LogP) is 3.02. The van der Waals surface area contributed by atoms with Gasteiger partial charge >= 0.3 is 0 Å². The van der Waals surface area contributed by atoms with Crippen molar-refractivity contribution >= 4 is 17.7 Å². The molecule has 0 aliphatic carbocycles. The number of amides is 1. The molecule has 116 valence electrons. The largest absolute Gasteiger partial charge is 0.454 e. The normalized spacial score (nSPS) is 22.2. The molecule has 1 amide bonds. The van der Waals surface area contributed by atoms with Gasteiger partial charge in [-0.2, -0.15) is 11.8 Å². The lowest BCUT2D eigenvalue weighted by molar-refractivity contribution is 0.0732. The maximum Gasteiger partial charge on any atom is 0.289 e. The molecule has 0 bridgehead atoms. The fraction of sp³-hybridized carbons (Fsp3) is 0.688. The highest BCUT2D eigenvalue weighted by Crippen LogP contribution is 2.26. The van der Waals surface area contributed by atoms with E-state index in [1.54, 1.807) is 0 Å². The summed E-state index contributed by atoms with van der Waals surface area (Å²) in [6, 6.07) is 4.09. The van der Waals surface area contributed by atoms with Gasteiger partial charge in [0, 0.05) is 24.6 Å². The SMILES string of the molecule is C[C@@H](c1ccc(C(=O)N2CCSCC2)o1)N1CCCCC1. The Morgan fingerprint density at radius 1 is 1.14 bits per heavy atom. The zero-order chi connectivity index (χ0) is 14.7. The third-order valence-corrected chi connectivity index (χ3v) is 5.43. The molecular formula is C16H24N2O2S. The van der Waals surface area contributed by atoms with Gasteiger partial charge in [0.25, 0.3) is 5.91 Å². The Balaban J connectivity index is 1.65. The molecule has 3 heterocycles. The second-order valence-corrected chi connectivity index (χ2v) is 7.10. The minimum atomic E-state index is 0.0485. The smallest absolute Gasteiger partial charge is 0.289 e. The number of carbonyl (C=O) groups excluding carboxylic acids is 1. The summed E-state index contributed by atoms with van der Waals surface area (Å²) < 4.78 is 5.87. The van der Waals surface area contributed by atoms with Gasteiger partial charge < -0.3 is 9.32 Å². The van der Waals surface area contributed by atoms with E-state index in [0.717, 1.165) is 43.4 Å². The maximum absolute atomic E-state index is 12.4. The van der Waals surface area contributed by atoms with E-state index in [4.69, 9.17) is 4.42 Å². The predicted molar refractivity (Wildman–Crippen MR) is 85.8 cm³/mol. The van der Waals surface area contributed by atoms with Gasteiger partial charge in [-0.05, 0) is 45.0 Å². The van der Waals surface area contributed by atoms with Crippen molar-refractivity contribution in [1.29, 1.82) is 0 Å². The highest BCUT2D eigenvalue weighted by atomic mass is 32.2. The molecule has 2 fully saturated rings. The van der Waals surface area contributed by atoms with Crippen LogP contribution in [0.25, 0.3) is 0 Å². The number of hydrogen-bond donors (Lipinski definition) is 0. The Bertz CT molecular complexity index is 476. The summed E-state index contributed by atoms with van der Waals surface area (Å²) in [6.07, 6.45) is 3.86. The molecule has 1 aromatic rings. The highest BCUT2D eigenvalue weighted by molar-refractivity contribution is 7.99. The van der Waals surface area contributed by atoms with Gasteiger partial charge in [-0.25, -0.2) is 0 Å². The molecule has 5 heteroatoms. The lowest BCUT2D eigenvalue weighted by Crippen LogP contribution is -2.37. The first-order valence-electron chi connectivity index (χ1n) is 7.96. The number of piperidine rings is 1. The van der Waals surface area contributed by atoms with Crippen LogP contribution in [0, 0.1) is 0 Å². The molecule has 0 spiro atoms. The molecule has 3 rings (SSSR count). The first kappa shape index (κ1) is 15.0. The molecular weight excluding hydrogens is 284 g/mol. The third-order valence-electron chi connectivity index (χ3n) is 4.49. The highest BCUT2D eigenvalue weighted by Gasteiger charge is 2.24. The van der Waals surface area contributed by atoms with Crippen LogP contribution in [0.1, 0.15) is 48.5 Å². The molecule has 0 N–H and O–H groups in total. The van der Waals surface area contributed by atoms with Crippen molar-refractivity contribution in [2.24, 2.45) is 0 Å². The minimum Gasteiger partial charge on any atom is -0.454 e. The van der Waals surface area contributed by atoms with Crippen molar-refractivity contribution in [3.63, 3.8) is 0 Å². The van der Waals surface area contributed by atoms with E-state index >= 15 is 0 Å². The van der Waals surface area contributed by atoms with E-state index < -0.39 is 0 Å². The lowest BCUT2D eigenvalue weighted by atomic mass is 10.1. The van der Waals surface area contributed by atoms with Crippen LogP contribution in [-0.4, -0.2) is 53.4 Å². The Hall–Kier alpha value is -0.940. The zero-order valence-electron chi connectivity index (χ0n) is 12.7. The molecule has 0 aromatic carbocycles. The van der Waals surface area contributed by atoms with Crippen molar-refractivity contribution in [3.8, 4) is 0 Å². The minimum absolute atomic E-state index is 0.0485. The summed E-state index contributed by atoms with van der Waals surface area (Å²) in [5.74, 6) is 3.53. The quantitative estimate of drug-likeness (QED) is 0.860. The summed E-state index contributed by atoms with van der Waals surface area (Å²) >= 11 is 1.91. The van der Waals surface area contributed by atoms with E-state index in [-0.39, 0.29) is 11.9 Å². The molecule has 2 aliphatic heterocycles. The molecule has 0 unspecified atom stereocenters. The van der Waals surface area contributed by atoms with Crippen molar-refractivity contribution < 1.29 is 9.21 Å². The number of nitrogens with zero attached hydrogens (tertiary/aromatic N) is 2. The van der Waals surface area contributed by atoms with Crippen LogP contribution in [0.4, 0.5) is 0 Å². The summed E-state index contributed by atoms with van der Waals surface area (Å²) in [5, 5.41) is 0. The molecule has 1 aromatic heterocycles. The van der Waals surface area contributed by atoms with Crippen LogP contribution >= 0.6 is 11.8 Å². The molecule has 2 saturated heterocycles. The molecule has 2 aliphatic rings. The molecule has 0 saturated carbocycles. The Kier molecular flexibility index (Phi) is 4.91. The second-order valence-electron chi connectivity index (χ2n) is 5.88. The van der Waals surface area contributed by atoms with Crippen molar-refractivity contribution in [1.82, 2.24) is 9.80 Å². The van der Waals surface area contributed by atoms with Crippen LogP contribution in [0.2, 0.25) is 0 Å². The Morgan fingerprint density at radius 3 is 2.57 bits per heavy atom. The van der Waals surface area contributed by atoms with E-state index in [9.17, 15) is 4.79 Å². The number of carbonyl (C=O) groups is 1. The average molecular weight is 308 g/mol. The van der Waals surface area contributed by atoms with E-state index in [1.807, 2.05) is 28.8 Å². The van der Waals surface area contributed by atoms with Gasteiger partial charge in [-0.3, -0.25) is 9.69 Å². The summed E-state index contributed by atoms with van der Waals surface area (Å²) in [5.41, 5.74) is 0. The topological polar surface area (TPSA) is 36.7 Å². The number of likely N-dealkylation sites (tertiary alicyclic amines) is 1. The van der Waals surface area contributed by atoms with Crippen molar-refractivity contribution in [2.75, 3.05) is 37.7 Å². The first-order chi connectivity index (χ1) is 10.3. The molecule has 21 heavy (non-hydrogen) atoms. The van der Waals surface area contributed by atoms with Gasteiger partial charge in [-0.15, -0.1) is 0 Å². The maximum atomic E-state index is 12.4. The number of hydrogen-bond acceptors (Lipinski definition) is 4. The summed E-state index contributed by atoms with van der Waals surface area (Å²) in [4.78, 5) is 16.8. The van der Waals surface area contributed by atoms with Crippen LogP contribution in [0.5, 0.6) is 0 Å². The number of rotatable bonds is 3. The van der Waals surface area contributed by atoms with Gasteiger partial charge in [0.05, 0.1) is 6.04 Å². The standard InChI is InChI=1S/C16H24N2O2S/c1-13(17-7-3-2-4-8-17)14-5-6-15(20-14)16(19)18-9-11-21-12-10-18/h5-6,13H,2-4,7-12H2,1H3/t13-/m0/s1. The van der Waals surface area contributed by atoms with Crippen LogP contribution in [0.3, 0.4) is 0 Å². The second kappa shape index (κ2) is 6.88. The summed E-state index contributed by atoms with van der Waals surface area (Å²) in [7, 11) is 0. The number of thioether (sulfide) groups is 1. The molecule has 0 radical (unpaired) electrons. The lowest BCUT2D eigenvalue weighted by Gasteiger charge is -2.31.